The van der Waals surface area contributed by atoms with Crippen LogP contribution in [0.5, 0.6) is 0 Å². The summed E-state index contributed by atoms with van der Waals surface area (Å²) in [7, 11) is 1.45. The van der Waals surface area contributed by atoms with Crippen molar-refractivity contribution >= 4 is 17.0 Å². The summed E-state index contributed by atoms with van der Waals surface area (Å²) in [6.07, 6.45) is 4.72. The zero-order valence-corrected chi connectivity index (χ0v) is 20.9. The fourth-order valence-electron chi connectivity index (χ4n) is 5.41. The van der Waals surface area contributed by atoms with Crippen LogP contribution >= 0.6 is 0 Å². The molecule has 0 amide bonds. The Morgan fingerprint density at radius 3 is 2.45 bits per heavy atom. The van der Waals surface area contributed by atoms with Crippen LogP contribution in [0.3, 0.4) is 0 Å². The number of carbonyl (C=O) groups is 1. The minimum Gasteiger partial charge on any atom is -0.469 e. The summed E-state index contributed by atoms with van der Waals surface area (Å²) in [5, 5.41) is 14.0. The number of halogens is 1. The molecule has 2 aromatic heterocycles. The van der Waals surface area contributed by atoms with Gasteiger partial charge in [-0.25, -0.2) is 9.37 Å². The molecule has 38 heavy (non-hydrogen) atoms. The number of tetrazole rings is 1. The van der Waals surface area contributed by atoms with Gasteiger partial charge in [0.05, 0.1) is 23.7 Å². The standard InChI is InChI=1S/C29H27FN6O2/c1-38-27(37)14-17-2-4-18(5-3-17)19-6-8-20(9-7-19)21-10-12-23(24(30)15-21)29-31-25-13-11-22(16-26(25)32-29)28-33-35-36-34-28/h6-13,15-18H,2-5,14H2,1H3,(H,31,32)(H,33,34,35,36). The number of hydrogen-bond donors (Lipinski definition) is 2. The van der Waals surface area contributed by atoms with E-state index in [1.165, 1.54) is 12.7 Å². The Balaban J connectivity index is 1.16. The summed E-state index contributed by atoms with van der Waals surface area (Å²) in [6.45, 7) is 0. The number of H-pyrrole nitrogens is 2. The summed E-state index contributed by atoms with van der Waals surface area (Å²) in [6, 6.07) is 19.2. The Labute approximate surface area is 218 Å². The molecule has 0 unspecified atom stereocenters. The molecule has 0 aliphatic heterocycles. The average molecular weight is 511 g/mol. The van der Waals surface area contributed by atoms with Gasteiger partial charge in [-0.3, -0.25) is 4.79 Å². The molecule has 0 atom stereocenters. The highest BCUT2D eigenvalue weighted by atomic mass is 19.1. The van der Waals surface area contributed by atoms with E-state index in [4.69, 9.17) is 4.74 Å². The Hall–Kier alpha value is -4.40. The zero-order valence-electron chi connectivity index (χ0n) is 20.9. The van der Waals surface area contributed by atoms with Gasteiger partial charge in [0, 0.05) is 12.0 Å². The van der Waals surface area contributed by atoms with E-state index in [0.717, 1.165) is 53.4 Å². The third kappa shape index (κ3) is 4.79. The fourth-order valence-corrected chi connectivity index (χ4v) is 5.41. The van der Waals surface area contributed by atoms with Crippen molar-refractivity contribution in [2.24, 2.45) is 5.92 Å². The minimum atomic E-state index is -0.340. The molecule has 5 aromatic rings. The largest absolute Gasteiger partial charge is 0.469 e. The topological polar surface area (TPSA) is 109 Å². The summed E-state index contributed by atoms with van der Waals surface area (Å²) in [5.74, 6) is 1.40. The van der Waals surface area contributed by atoms with Crippen molar-refractivity contribution in [1.29, 1.82) is 0 Å². The van der Waals surface area contributed by atoms with E-state index in [1.54, 1.807) is 12.1 Å². The highest BCUT2D eigenvalue weighted by Gasteiger charge is 2.24. The van der Waals surface area contributed by atoms with Crippen molar-refractivity contribution in [3.63, 3.8) is 0 Å². The third-order valence-corrected chi connectivity index (χ3v) is 7.55. The predicted octanol–water partition coefficient (Wildman–Crippen LogP) is 6.05. The quantitative estimate of drug-likeness (QED) is 0.269. The van der Waals surface area contributed by atoms with E-state index >= 15 is 4.39 Å². The third-order valence-electron chi connectivity index (χ3n) is 7.55. The van der Waals surface area contributed by atoms with Crippen molar-refractivity contribution in [3.05, 3.63) is 72.0 Å². The van der Waals surface area contributed by atoms with Crippen molar-refractivity contribution in [1.82, 2.24) is 30.6 Å². The van der Waals surface area contributed by atoms with E-state index in [-0.39, 0.29) is 11.8 Å². The second-order valence-corrected chi connectivity index (χ2v) is 9.87. The molecule has 2 N–H and O–H groups in total. The molecule has 1 aliphatic rings. The average Bonchev–Trinajstić information content (AvgIpc) is 3.63. The summed E-state index contributed by atoms with van der Waals surface area (Å²) in [4.78, 5) is 19.3. The highest BCUT2D eigenvalue weighted by Crippen LogP contribution is 2.38. The first-order valence-electron chi connectivity index (χ1n) is 12.8. The molecule has 0 bridgehead atoms. The molecule has 0 saturated heterocycles. The maximum Gasteiger partial charge on any atom is 0.305 e. The number of esters is 1. The molecule has 1 fully saturated rings. The number of benzene rings is 3. The number of imidazole rings is 1. The van der Waals surface area contributed by atoms with E-state index in [2.05, 4.69) is 54.9 Å². The molecular formula is C29H27FN6O2. The summed E-state index contributed by atoms with van der Waals surface area (Å²) < 4.78 is 20.1. The Kier molecular flexibility index (Phi) is 6.41. The van der Waals surface area contributed by atoms with Crippen LogP contribution in [-0.2, 0) is 9.53 Å². The molecular weight excluding hydrogens is 483 g/mol. The van der Waals surface area contributed by atoms with E-state index < -0.39 is 0 Å². The maximum atomic E-state index is 15.3. The van der Waals surface area contributed by atoms with Crippen LogP contribution in [0.15, 0.2) is 60.7 Å². The first kappa shape index (κ1) is 24.0. The molecule has 9 heteroatoms. The SMILES string of the molecule is COC(=O)CC1CCC(c2ccc(-c3ccc(-c4nc5ccc(-c6nn[nH]n6)cc5[nH]4)c(F)c3)cc2)CC1. The second-order valence-electron chi connectivity index (χ2n) is 9.87. The number of aromatic amines is 2. The van der Waals surface area contributed by atoms with Crippen LogP contribution in [0, 0.1) is 11.7 Å². The minimum absolute atomic E-state index is 0.119. The van der Waals surface area contributed by atoms with Gasteiger partial charge in [0.1, 0.15) is 11.6 Å². The van der Waals surface area contributed by atoms with Crippen molar-refractivity contribution in [3.8, 4) is 33.9 Å². The number of nitrogens with one attached hydrogen (secondary N) is 2. The highest BCUT2D eigenvalue weighted by molar-refractivity contribution is 5.83. The van der Waals surface area contributed by atoms with Crippen molar-refractivity contribution < 1.29 is 13.9 Å². The number of fused-ring (bicyclic) bond motifs is 1. The van der Waals surface area contributed by atoms with Crippen LogP contribution in [0.25, 0.3) is 44.9 Å². The van der Waals surface area contributed by atoms with Crippen LogP contribution in [0.2, 0.25) is 0 Å². The number of rotatable bonds is 6. The first-order chi connectivity index (χ1) is 18.6. The molecule has 2 heterocycles. The van der Waals surface area contributed by atoms with E-state index in [0.29, 0.717) is 35.5 Å². The molecule has 6 rings (SSSR count). The number of hydrogen-bond acceptors (Lipinski definition) is 6. The van der Waals surface area contributed by atoms with Gasteiger partial charge < -0.3 is 9.72 Å². The lowest BCUT2D eigenvalue weighted by Crippen LogP contribution is -2.17. The Bertz CT molecular complexity index is 1570. The smallest absolute Gasteiger partial charge is 0.305 e. The molecule has 0 spiro atoms. The van der Waals surface area contributed by atoms with E-state index in [9.17, 15) is 4.79 Å². The van der Waals surface area contributed by atoms with Gasteiger partial charge in [-0.2, -0.15) is 5.21 Å². The predicted molar refractivity (Wildman–Crippen MR) is 141 cm³/mol. The van der Waals surface area contributed by atoms with Gasteiger partial charge in [-0.15, -0.1) is 10.2 Å². The second kappa shape index (κ2) is 10.2. The lowest BCUT2D eigenvalue weighted by molar-refractivity contribution is -0.142. The molecule has 1 saturated carbocycles. The molecule has 192 valence electrons. The number of nitrogens with zero attached hydrogens (tertiary/aromatic N) is 4. The number of methoxy groups -OCH3 is 1. The summed E-state index contributed by atoms with van der Waals surface area (Å²) in [5.41, 5.74) is 5.76. The van der Waals surface area contributed by atoms with Crippen LogP contribution < -0.4 is 0 Å². The number of ether oxygens (including phenoxy) is 1. The van der Waals surface area contributed by atoms with Gasteiger partial charge in [0.25, 0.3) is 0 Å². The van der Waals surface area contributed by atoms with Crippen LogP contribution in [-0.4, -0.2) is 43.7 Å². The van der Waals surface area contributed by atoms with E-state index in [1.807, 2.05) is 24.3 Å². The Morgan fingerprint density at radius 2 is 1.74 bits per heavy atom. The van der Waals surface area contributed by atoms with Crippen molar-refractivity contribution in [2.45, 2.75) is 38.0 Å². The van der Waals surface area contributed by atoms with Gasteiger partial charge in [-0.1, -0.05) is 30.3 Å². The van der Waals surface area contributed by atoms with Gasteiger partial charge in [0.15, 0.2) is 0 Å². The fraction of sp³-hybridized carbons (Fsp3) is 0.276. The van der Waals surface area contributed by atoms with Gasteiger partial charge in [0.2, 0.25) is 5.82 Å². The molecule has 8 nitrogen and oxygen atoms in total. The zero-order chi connectivity index (χ0) is 26.1. The number of aromatic nitrogens is 6. The van der Waals surface area contributed by atoms with Crippen molar-refractivity contribution in [2.75, 3.05) is 7.11 Å². The van der Waals surface area contributed by atoms with Crippen LogP contribution in [0.4, 0.5) is 4.39 Å². The summed E-state index contributed by atoms with van der Waals surface area (Å²) >= 11 is 0. The number of carbonyl (C=O) groups excluding carboxylic acids is 1. The van der Waals surface area contributed by atoms with Gasteiger partial charge in [-0.05, 0) is 89.8 Å². The lowest BCUT2D eigenvalue weighted by atomic mass is 9.77. The maximum absolute atomic E-state index is 15.3. The Morgan fingerprint density at radius 1 is 0.974 bits per heavy atom. The monoisotopic (exact) mass is 510 g/mol. The lowest BCUT2D eigenvalue weighted by Gasteiger charge is -2.28. The van der Waals surface area contributed by atoms with Crippen LogP contribution in [0.1, 0.15) is 43.6 Å². The molecule has 1 aliphatic carbocycles. The molecule has 0 radical (unpaired) electrons. The van der Waals surface area contributed by atoms with Gasteiger partial charge >= 0.3 is 5.97 Å². The molecule has 3 aromatic carbocycles. The first-order valence-corrected chi connectivity index (χ1v) is 12.8. The normalized spacial score (nSPS) is 17.5.